The summed E-state index contributed by atoms with van der Waals surface area (Å²) in [5.74, 6) is -0.715. The molecule has 1 aromatic heterocycles. The molecule has 2 unspecified atom stereocenters. The van der Waals surface area contributed by atoms with Crippen molar-refractivity contribution in [2.24, 2.45) is 0 Å². The number of hydrogen-bond acceptors (Lipinski definition) is 4. The summed E-state index contributed by atoms with van der Waals surface area (Å²) in [6, 6.07) is 6.36. The summed E-state index contributed by atoms with van der Waals surface area (Å²) in [5, 5.41) is 8.38. The van der Waals surface area contributed by atoms with E-state index in [-0.39, 0.29) is 6.42 Å². The number of nitrogens with zero attached hydrogens (tertiary/aromatic N) is 1. The van der Waals surface area contributed by atoms with Crippen molar-refractivity contribution >= 4 is 28.3 Å². The topological polar surface area (TPSA) is 95.1 Å². The number of carbonyl (C=O) groups is 1. The van der Waals surface area contributed by atoms with Gasteiger partial charge in [0, 0.05) is 28.2 Å². The fraction of sp³-hybridized carbons (Fsp3) is 0.167. The Morgan fingerprint density at radius 1 is 1.45 bits per heavy atom. The fourth-order valence-corrected chi connectivity index (χ4v) is 3.10. The van der Waals surface area contributed by atoms with Crippen molar-refractivity contribution in [1.82, 2.24) is 15.4 Å². The molecule has 0 saturated carbocycles. The van der Waals surface area contributed by atoms with Gasteiger partial charge in [-0.1, -0.05) is 11.6 Å². The fourth-order valence-electron chi connectivity index (χ4n) is 1.67. The summed E-state index contributed by atoms with van der Waals surface area (Å²) in [6.07, 6.45) is 3.17. The first-order chi connectivity index (χ1) is 9.61. The van der Waals surface area contributed by atoms with E-state index in [2.05, 4.69) is 9.97 Å². The molecule has 0 saturated heterocycles. The molecule has 0 aliphatic carbocycles. The predicted molar refractivity (Wildman–Crippen MR) is 73.9 cm³/mol. The minimum Gasteiger partial charge on any atom is -0.348 e. The van der Waals surface area contributed by atoms with Gasteiger partial charge in [-0.2, -0.15) is 0 Å². The monoisotopic (exact) mass is 313 g/mol. The molecule has 0 spiro atoms. The molecule has 3 N–H and O–H groups in total. The van der Waals surface area contributed by atoms with Crippen LogP contribution in [0.3, 0.4) is 0 Å². The zero-order valence-electron chi connectivity index (χ0n) is 10.2. The molecule has 106 valence electrons. The highest BCUT2D eigenvalue weighted by atomic mass is 35.5. The van der Waals surface area contributed by atoms with E-state index in [1.165, 1.54) is 12.5 Å². The standard InChI is InChI=1S/C12H12ClN3O3S/c13-8-1-3-10(4-2-8)20(19)11(12(17)16-18)5-9-6-14-7-15-9/h1-4,6-7,11,18H,5H2,(H,14,15)(H,16,17). The molecule has 20 heavy (non-hydrogen) atoms. The van der Waals surface area contributed by atoms with Crippen LogP contribution in [0.5, 0.6) is 0 Å². The Morgan fingerprint density at radius 3 is 2.70 bits per heavy atom. The van der Waals surface area contributed by atoms with Crippen LogP contribution in [0.1, 0.15) is 5.69 Å². The summed E-state index contributed by atoms with van der Waals surface area (Å²) in [5.41, 5.74) is 2.20. The lowest BCUT2D eigenvalue weighted by Gasteiger charge is -2.13. The molecule has 0 aliphatic heterocycles. The number of aromatic amines is 1. The number of benzene rings is 1. The highest BCUT2D eigenvalue weighted by molar-refractivity contribution is 7.86. The van der Waals surface area contributed by atoms with E-state index in [0.717, 1.165) is 0 Å². The van der Waals surface area contributed by atoms with Crippen molar-refractivity contribution in [3.8, 4) is 0 Å². The van der Waals surface area contributed by atoms with Gasteiger partial charge in [-0.15, -0.1) is 0 Å². The van der Waals surface area contributed by atoms with Crippen LogP contribution in [0.2, 0.25) is 5.02 Å². The molecule has 0 radical (unpaired) electrons. The first-order valence-electron chi connectivity index (χ1n) is 5.69. The highest BCUT2D eigenvalue weighted by Gasteiger charge is 2.27. The van der Waals surface area contributed by atoms with Gasteiger partial charge >= 0.3 is 0 Å². The van der Waals surface area contributed by atoms with E-state index in [0.29, 0.717) is 15.6 Å². The maximum Gasteiger partial charge on any atom is 0.259 e. The number of H-pyrrole nitrogens is 1. The maximum absolute atomic E-state index is 12.4. The number of aromatic nitrogens is 2. The minimum absolute atomic E-state index is 0.168. The summed E-state index contributed by atoms with van der Waals surface area (Å²) >= 11 is 5.77. The third kappa shape index (κ3) is 3.44. The second-order valence-corrected chi connectivity index (χ2v) is 6.07. The summed E-state index contributed by atoms with van der Waals surface area (Å²) in [7, 11) is -1.62. The van der Waals surface area contributed by atoms with E-state index in [1.807, 2.05) is 0 Å². The van der Waals surface area contributed by atoms with Crippen molar-refractivity contribution in [3.63, 3.8) is 0 Å². The first-order valence-corrected chi connectivity index (χ1v) is 7.28. The zero-order chi connectivity index (χ0) is 14.5. The SMILES string of the molecule is O=C(NO)C(Cc1cnc[nH]1)S(=O)c1ccc(Cl)cc1. The smallest absolute Gasteiger partial charge is 0.259 e. The van der Waals surface area contributed by atoms with Gasteiger partial charge in [-0.3, -0.25) is 14.2 Å². The van der Waals surface area contributed by atoms with Crippen molar-refractivity contribution in [3.05, 3.63) is 47.5 Å². The molecule has 0 aliphatic rings. The summed E-state index contributed by atoms with van der Waals surface area (Å²) < 4.78 is 12.4. The Labute approximate surface area is 122 Å². The van der Waals surface area contributed by atoms with Crippen LogP contribution in [0, 0.1) is 0 Å². The summed E-state index contributed by atoms with van der Waals surface area (Å²) in [6.45, 7) is 0. The molecular weight excluding hydrogens is 302 g/mol. The second kappa shape index (κ2) is 6.65. The third-order valence-corrected chi connectivity index (χ3v) is 4.55. The van der Waals surface area contributed by atoms with E-state index in [9.17, 15) is 9.00 Å². The van der Waals surface area contributed by atoms with Crippen molar-refractivity contribution in [1.29, 1.82) is 0 Å². The van der Waals surface area contributed by atoms with Gasteiger partial charge in [-0.05, 0) is 24.3 Å². The van der Waals surface area contributed by atoms with Crippen molar-refractivity contribution < 1.29 is 14.2 Å². The van der Waals surface area contributed by atoms with Crippen LogP contribution in [-0.4, -0.2) is 30.5 Å². The lowest BCUT2D eigenvalue weighted by atomic mass is 10.2. The molecule has 0 fully saturated rings. The molecule has 1 aromatic carbocycles. The van der Waals surface area contributed by atoms with Gasteiger partial charge in [0.05, 0.1) is 17.1 Å². The van der Waals surface area contributed by atoms with Gasteiger partial charge in [-0.25, -0.2) is 10.5 Å². The van der Waals surface area contributed by atoms with E-state index < -0.39 is 22.0 Å². The quantitative estimate of drug-likeness (QED) is 0.572. The van der Waals surface area contributed by atoms with E-state index in [1.54, 1.807) is 29.7 Å². The average molecular weight is 314 g/mol. The highest BCUT2D eigenvalue weighted by Crippen LogP contribution is 2.17. The third-order valence-electron chi connectivity index (χ3n) is 2.67. The number of hydroxylamine groups is 1. The Kier molecular flexibility index (Phi) is 4.89. The van der Waals surface area contributed by atoms with Gasteiger partial charge < -0.3 is 4.98 Å². The molecule has 6 nitrogen and oxygen atoms in total. The molecule has 1 heterocycles. The maximum atomic E-state index is 12.4. The number of imidazole rings is 1. The Bertz CT molecular complexity index is 601. The zero-order valence-corrected chi connectivity index (χ0v) is 11.8. The number of halogens is 1. The van der Waals surface area contributed by atoms with E-state index in [4.69, 9.17) is 16.8 Å². The lowest BCUT2D eigenvalue weighted by Crippen LogP contribution is -2.37. The number of hydrogen-bond donors (Lipinski definition) is 3. The first kappa shape index (κ1) is 14.7. The van der Waals surface area contributed by atoms with Crippen molar-refractivity contribution in [2.75, 3.05) is 0 Å². The molecular formula is C12H12ClN3O3S. The lowest BCUT2D eigenvalue weighted by molar-refractivity contribution is -0.128. The van der Waals surface area contributed by atoms with Crippen LogP contribution in [0.4, 0.5) is 0 Å². The Hall–Kier alpha value is -1.70. The van der Waals surface area contributed by atoms with Crippen LogP contribution in [0.15, 0.2) is 41.7 Å². The van der Waals surface area contributed by atoms with Crippen LogP contribution in [0.25, 0.3) is 0 Å². The number of nitrogens with one attached hydrogen (secondary N) is 2. The van der Waals surface area contributed by atoms with Crippen LogP contribution in [-0.2, 0) is 22.0 Å². The molecule has 2 rings (SSSR count). The van der Waals surface area contributed by atoms with Gasteiger partial charge in [0.2, 0.25) is 0 Å². The Balaban J connectivity index is 2.24. The second-order valence-electron chi connectivity index (χ2n) is 4.00. The normalized spacial score (nSPS) is 13.7. The summed E-state index contributed by atoms with van der Waals surface area (Å²) in [4.78, 5) is 18.8. The Morgan fingerprint density at radius 2 is 2.15 bits per heavy atom. The largest absolute Gasteiger partial charge is 0.348 e. The van der Waals surface area contributed by atoms with Crippen LogP contribution >= 0.6 is 11.6 Å². The van der Waals surface area contributed by atoms with Gasteiger partial charge in [0.1, 0.15) is 5.25 Å². The molecule has 2 aromatic rings. The van der Waals surface area contributed by atoms with Gasteiger partial charge in [0.15, 0.2) is 0 Å². The molecule has 0 bridgehead atoms. The van der Waals surface area contributed by atoms with Crippen molar-refractivity contribution in [2.45, 2.75) is 16.6 Å². The number of carbonyl (C=O) groups excluding carboxylic acids is 1. The number of rotatable bonds is 5. The molecule has 8 heteroatoms. The molecule has 1 amide bonds. The number of amides is 1. The predicted octanol–water partition coefficient (Wildman–Crippen LogP) is 1.29. The average Bonchev–Trinajstić information content (AvgIpc) is 2.97. The van der Waals surface area contributed by atoms with Gasteiger partial charge in [0.25, 0.3) is 5.91 Å². The minimum atomic E-state index is -1.62. The molecule has 2 atom stereocenters. The van der Waals surface area contributed by atoms with E-state index >= 15 is 0 Å². The van der Waals surface area contributed by atoms with Crippen LogP contribution < -0.4 is 5.48 Å².